The summed E-state index contributed by atoms with van der Waals surface area (Å²) in [7, 11) is 0. The number of guanidine groups is 1. The van der Waals surface area contributed by atoms with Crippen molar-refractivity contribution in [3.63, 3.8) is 0 Å². The number of likely N-dealkylation sites (tertiary alicyclic amines) is 1. The van der Waals surface area contributed by atoms with Crippen molar-refractivity contribution in [3.05, 3.63) is 71.3 Å². The van der Waals surface area contributed by atoms with Gasteiger partial charge in [-0.15, -0.1) is 24.0 Å². The van der Waals surface area contributed by atoms with Gasteiger partial charge in [-0.1, -0.05) is 48.0 Å². The Labute approximate surface area is 219 Å². The normalized spacial score (nSPS) is 15.6. The van der Waals surface area contributed by atoms with Crippen molar-refractivity contribution in [1.82, 2.24) is 20.9 Å². The zero-order chi connectivity index (χ0) is 23.5. The lowest BCUT2D eigenvalue weighted by molar-refractivity contribution is -0.127. The van der Waals surface area contributed by atoms with E-state index in [1.54, 1.807) is 0 Å². The molecule has 3 N–H and O–H groups in total. The van der Waals surface area contributed by atoms with Crippen molar-refractivity contribution in [2.45, 2.75) is 26.7 Å². The largest absolute Gasteiger partial charge is 0.357 e. The van der Waals surface area contributed by atoms with Gasteiger partial charge >= 0.3 is 0 Å². The molecule has 0 aromatic heterocycles. The number of aryl methyl sites for hydroxylation is 1. The summed E-state index contributed by atoms with van der Waals surface area (Å²) in [6, 6.07) is 17.8. The fraction of sp³-hybridized carbons (Fsp3) is 0.423. The van der Waals surface area contributed by atoms with Crippen molar-refractivity contribution in [2.75, 3.05) is 39.3 Å². The van der Waals surface area contributed by atoms with Gasteiger partial charge < -0.3 is 20.9 Å². The summed E-state index contributed by atoms with van der Waals surface area (Å²) in [4.78, 5) is 31.3. The van der Waals surface area contributed by atoms with Gasteiger partial charge in [0, 0.05) is 57.2 Å². The molecule has 2 aromatic rings. The van der Waals surface area contributed by atoms with Crippen LogP contribution in [0.5, 0.6) is 0 Å². The summed E-state index contributed by atoms with van der Waals surface area (Å²) in [6.45, 7) is 7.89. The molecule has 1 fully saturated rings. The molecule has 0 radical (unpaired) electrons. The smallest absolute Gasteiger partial charge is 0.251 e. The van der Waals surface area contributed by atoms with Crippen LogP contribution in [0.25, 0.3) is 0 Å². The predicted molar refractivity (Wildman–Crippen MR) is 148 cm³/mol. The molecule has 1 aliphatic heterocycles. The second kappa shape index (κ2) is 14.6. The Morgan fingerprint density at radius 1 is 1.06 bits per heavy atom. The fourth-order valence-corrected chi connectivity index (χ4v) is 3.91. The molecule has 0 bridgehead atoms. The predicted octanol–water partition coefficient (Wildman–Crippen LogP) is 2.99. The van der Waals surface area contributed by atoms with Crippen LogP contribution in [-0.4, -0.2) is 61.9 Å². The van der Waals surface area contributed by atoms with Crippen LogP contribution in [0, 0.1) is 12.8 Å². The van der Waals surface area contributed by atoms with Gasteiger partial charge in [0.15, 0.2) is 5.96 Å². The van der Waals surface area contributed by atoms with Crippen LogP contribution in [0.2, 0.25) is 0 Å². The zero-order valence-electron chi connectivity index (χ0n) is 20.0. The SMILES string of the molecule is CCNC(=NCC1CC(=O)N(CCc2ccccc2)C1)NCCNC(=O)c1cccc(C)c1.I. The molecule has 7 nitrogen and oxygen atoms in total. The number of hydrogen-bond donors (Lipinski definition) is 3. The lowest BCUT2D eigenvalue weighted by Crippen LogP contribution is -2.41. The summed E-state index contributed by atoms with van der Waals surface area (Å²) in [5.41, 5.74) is 2.98. The minimum absolute atomic E-state index is 0. The van der Waals surface area contributed by atoms with Crippen LogP contribution in [0.4, 0.5) is 0 Å². The Hall–Kier alpha value is -2.62. The molecule has 1 atom stereocenters. The molecule has 8 heteroatoms. The highest BCUT2D eigenvalue weighted by Crippen LogP contribution is 2.18. The number of hydrogen-bond acceptors (Lipinski definition) is 3. The Bertz CT molecular complexity index is 951. The number of benzene rings is 2. The maximum absolute atomic E-state index is 12.4. The van der Waals surface area contributed by atoms with E-state index in [2.05, 4.69) is 33.1 Å². The lowest BCUT2D eigenvalue weighted by atomic mass is 10.1. The molecule has 2 amide bonds. The molecular weight excluding hydrogens is 541 g/mol. The van der Waals surface area contributed by atoms with Crippen molar-refractivity contribution < 1.29 is 9.59 Å². The van der Waals surface area contributed by atoms with Crippen molar-refractivity contribution in [3.8, 4) is 0 Å². The third-order valence-electron chi connectivity index (χ3n) is 5.64. The molecule has 1 unspecified atom stereocenters. The summed E-state index contributed by atoms with van der Waals surface area (Å²) in [5, 5.41) is 9.41. The van der Waals surface area contributed by atoms with Crippen molar-refractivity contribution in [2.24, 2.45) is 10.9 Å². The van der Waals surface area contributed by atoms with Gasteiger partial charge in [-0.05, 0) is 38.0 Å². The van der Waals surface area contributed by atoms with Crippen LogP contribution in [0.1, 0.15) is 34.8 Å². The van der Waals surface area contributed by atoms with Crippen molar-refractivity contribution >= 4 is 41.8 Å². The second-order valence-corrected chi connectivity index (χ2v) is 8.42. The maximum atomic E-state index is 12.4. The van der Waals surface area contributed by atoms with E-state index < -0.39 is 0 Å². The fourth-order valence-electron chi connectivity index (χ4n) is 3.91. The van der Waals surface area contributed by atoms with Gasteiger partial charge in [-0.3, -0.25) is 14.6 Å². The van der Waals surface area contributed by atoms with Crippen LogP contribution < -0.4 is 16.0 Å². The summed E-state index contributed by atoms with van der Waals surface area (Å²) in [5.74, 6) is 1.06. The molecule has 0 aliphatic carbocycles. The van der Waals surface area contributed by atoms with Gasteiger partial charge in [0.05, 0.1) is 0 Å². The molecule has 1 aliphatic rings. The maximum Gasteiger partial charge on any atom is 0.251 e. The highest BCUT2D eigenvalue weighted by molar-refractivity contribution is 14.0. The first-order valence-electron chi connectivity index (χ1n) is 11.7. The summed E-state index contributed by atoms with van der Waals surface area (Å²) in [6.07, 6.45) is 1.42. The van der Waals surface area contributed by atoms with E-state index in [0.29, 0.717) is 37.6 Å². The van der Waals surface area contributed by atoms with E-state index in [-0.39, 0.29) is 41.7 Å². The minimum Gasteiger partial charge on any atom is -0.357 e. The molecule has 2 aromatic carbocycles. The second-order valence-electron chi connectivity index (χ2n) is 8.42. The van der Waals surface area contributed by atoms with E-state index in [1.807, 2.05) is 61.2 Å². The molecule has 184 valence electrons. The summed E-state index contributed by atoms with van der Waals surface area (Å²) >= 11 is 0. The number of carbonyl (C=O) groups excluding carboxylic acids is 2. The first kappa shape index (κ1) is 27.6. The lowest BCUT2D eigenvalue weighted by Gasteiger charge is -2.16. The molecular formula is C26H36IN5O2. The topological polar surface area (TPSA) is 85.8 Å². The summed E-state index contributed by atoms with van der Waals surface area (Å²) < 4.78 is 0. The van der Waals surface area contributed by atoms with E-state index in [4.69, 9.17) is 0 Å². The zero-order valence-corrected chi connectivity index (χ0v) is 22.4. The van der Waals surface area contributed by atoms with Crippen LogP contribution in [0.3, 0.4) is 0 Å². The van der Waals surface area contributed by atoms with Gasteiger partial charge in [0.2, 0.25) is 5.91 Å². The first-order chi connectivity index (χ1) is 16.0. The molecule has 1 heterocycles. The van der Waals surface area contributed by atoms with Gasteiger partial charge in [-0.25, -0.2) is 0 Å². The molecule has 34 heavy (non-hydrogen) atoms. The third kappa shape index (κ3) is 8.96. The number of aliphatic imine (C=N–C) groups is 1. The quantitative estimate of drug-likeness (QED) is 0.176. The highest BCUT2D eigenvalue weighted by Gasteiger charge is 2.29. The first-order valence-corrected chi connectivity index (χ1v) is 11.7. The monoisotopic (exact) mass is 577 g/mol. The highest BCUT2D eigenvalue weighted by atomic mass is 127. The Morgan fingerprint density at radius 2 is 1.82 bits per heavy atom. The van der Waals surface area contributed by atoms with Crippen LogP contribution in [0.15, 0.2) is 59.6 Å². The van der Waals surface area contributed by atoms with E-state index in [0.717, 1.165) is 31.6 Å². The minimum atomic E-state index is -0.0810. The number of carbonyl (C=O) groups is 2. The number of nitrogens with one attached hydrogen (secondary N) is 3. The number of amides is 2. The molecule has 0 saturated carbocycles. The van der Waals surface area contributed by atoms with Crippen LogP contribution in [-0.2, 0) is 11.2 Å². The Balaban J connectivity index is 0.00000408. The van der Waals surface area contributed by atoms with E-state index in [9.17, 15) is 9.59 Å². The van der Waals surface area contributed by atoms with Gasteiger partial charge in [-0.2, -0.15) is 0 Å². The third-order valence-corrected chi connectivity index (χ3v) is 5.64. The van der Waals surface area contributed by atoms with E-state index in [1.165, 1.54) is 5.56 Å². The Kier molecular flexibility index (Phi) is 11.9. The number of halogens is 1. The standard InChI is InChI=1S/C26H35N5O2.HI/c1-3-27-26(29-14-13-28-25(33)23-11-7-8-20(2)16-23)30-18-22-17-24(32)31(19-22)15-12-21-9-5-4-6-10-21;/h4-11,16,22H,3,12-15,17-19H2,1-2H3,(H,28,33)(H2,27,29,30);1H. The number of nitrogens with zero attached hydrogens (tertiary/aromatic N) is 2. The number of rotatable bonds is 10. The van der Waals surface area contributed by atoms with Crippen molar-refractivity contribution in [1.29, 1.82) is 0 Å². The van der Waals surface area contributed by atoms with Crippen LogP contribution >= 0.6 is 24.0 Å². The molecule has 1 saturated heterocycles. The van der Waals surface area contributed by atoms with Gasteiger partial charge in [0.25, 0.3) is 5.91 Å². The van der Waals surface area contributed by atoms with Gasteiger partial charge in [0.1, 0.15) is 0 Å². The average Bonchev–Trinajstić information content (AvgIpc) is 3.18. The Morgan fingerprint density at radius 3 is 2.56 bits per heavy atom. The average molecular weight is 578 g/mol. The molecule has 3 rings (SSSR count). The van der Waals surface area contributed by atoms with E-state index >= 15 is 0 Å². The molecule has 0 spiro atoms.